The second-order valence-corrected chi connectivity index (χ2v) is 5.17. The van der Waals surface area contributed by atoms with Crippen LogP contribution < -0.4 is 4.90 Å². The minimum Gasteiger partial charge on any atom is -0.478 e. The van der Waals surface area contributed by atoms with Gasteiger partial charge in [0.1, 0.15) is 5.82 Å². The molecular formula is C15H16FNO4. The Kier molecular flexibility index (Phi) is 3.80. The first kappa shape index (κ1) is 15.2. The number of aromatic carboxylic acids is 1. The molecule has 1 heterocycles. The summed E-state index contributed by atoms with van der Waals surface area (Å²) >= 11 is 0. The number of imide groups is 1. The van der Waals surface area contributed by atoms with Crippen molar-refractivity contribution in [3.05, 3.63) is 29.6 Å². The van der Waals surface area contributed by atoms with Gasteiger partial charge in [0.05, 0.1) is 16.7 Å². The number of anilines is 1. The Morgan fingerprint density at radius 1 is 1.33 bits per heavy atom. The number of benzene rings is 1. The van der Waals surface area contributed by atoms with E-state index in [9.17, 15) is 18.8 Å². The molecule has 0 aromatic heterocycles. The van der Waals surface area contributed by atoms with Crippen LogP contribution in [-0.2, 0) is 9.59 Å². The lowest BCUT2D eigenvalue weighted by Gasteiger charge is -2.23. The van der Waals surface area contributed by atoms with Crippen LogP contribution in [0.5, 0.6) is 0 Å². The smallest absolute Gasteiger partial charge is 0.338 e. The van der Waals surface area contributed by atoms with Crippen LogP contribution in [0.25, 0.3) is 0 Å². The molecule has 1 saturated heterocycles. The SMILES string of the molecule is CCC1(CC)CC(=O)N(c2ccc(C(=O)O)c(F)c2)C1=O. The monoisotopic (exact) mass is 293 g/mol. The van der Waals surface area contributed by atoms with Crippen molar-refractivity contribution in [1.82, 2.24) is 0 Å². The summed E-state index contributed by atoms with van der Waals surface area (Å²) in [7, 11) is 0. The summed E-state index contributed by atoms with van der Waals surface area (Å²) in [5, 5.41) is 8.80. The van der Waals surface area contributed by atoms with Crippen LogP contribution in [0.1, 0.15) is 43.5 Å². The van der Waals surface area contributed by atoms with Crippen molar-refractivity contribution in [1.29, 1.82) is 0 Å². The van der Waals surface area contributed by atoms with Gasteiger partial charge in [0.15, 0.2) is 0 Å². The molecule has 0 spiro atoms. The number of carboxylic acid groups (broad SMARTS) is 1. The van der Waals surface area contributed by atoms with Gasteiger partial charge >= 0.3 is 5.97 Å². The minimum atomic E-state index is -1.39. The number of nitrogens with zero attached hydrogens (tertiary/aromatic N) is 1. The lowest BCUT2D eigenvalue weighted by Crippen LogP contribution is -2.35. The molecule has 0 atom stereocenters. The van der Waals surface area contributed by atoms with E-state index in [4.69, 9.17) is 5.11 Å². The van der Waals surface area contributed by atoms with Crippen LogP contribution >= 0.6 is 0 Å². The first-order valence-corrected chi connectivity index (χ1v) is 6.76. The molecule has 0 aliphatic carbocycles. The third-order valence-electron chi connectivity index (χ3n) is 4.19. The van der Waals surface area contributed by atoms with E-state index in [0.717, 1.165) is 17.0 Å². The molecule has 1 aliphatic rings. The highest BCUT2D eigenvalue weighted by Gasteiger charge is 2.49. The summed E-state index contributed by atoms with van der Waals surface area (Å²) in [6.07, 6.45) is 1.15. The second kappa shape index (κ2) is 5.27. The number of rotatable bonds is 4. The van der Waals surface area contributed by atoms with Crippen LogP contribution in [-0.4, -0.2) is 22.9 Å². The molecule has 2 amide bonds. The molecule has 2 rings (SSSR count). The van der Waals surface area contributed by atoms with Crippen molar-refractivity contribution in [2.75, 3.05) is 4.90 Å². The third kappa shape index (κ3) is 2.30. The van der Waals surface area contributed by atoms with Crippen LogP contribution in [0.3, 0.4) is 0 Å². The van der Waals surface area contributed by atoms with E-state index in [1.165, 1.54) is 6.07 Å². The fraction of sp³-hybridized carbons (Fsp3) is 0.400. The predicted octanol–water partition coefficient (Wildman–Crippen LogP) is 2.59. The summed E-state index contributed by atoms with van der Waals surface area (Å²) < 4.78 is 13.7. The molecular weight excluding hydrogens is 277 g/mol. The highest BCUT2D eigenvalue weighted by Crippen LogP contribution is 2.41. The topological polar surface area (TPSA) is 74.7 Å². The summed E-state index contributed by atoms with van der Waals surface area (Å²) in [5.74, 6) is -3.09. The van der Waals surface area contributed by atoms with Crippen molar-refractivity contribution in [3.8, 4) is 0 Å². The van der Waals surface area contributed by atoms with Gasteiger partial charge in [-0.25, -0.2) is 14.1 Å². The molecule has 1 N–H and O–H groups in total. The van der Waals surface area contributed by atoms with Crippen molar-refractivity contribution < 1.29 is 23.9 Å². The number of amides is 2. The van der Waals surface area contributed by atoms with Crippen molar-refractivity contribution in [2.45, 2.75) is 33.1 Å². The van der Waals surface area contributed by atoms with Crippen molar-refractivity contribution in [3.63, 3.8) is 0 Å². The molecule has 0 saturated carbocycles. The minimum absolute atomic E-state index is 0.0799. The number of carbonyl (C=O) groups is 3. The number of carboxylic acids is 1. The molecule has 0 radical (unpaired) electrons. The average molecular weight is 293 g/mol. The Balaban J connectivity index is 2.43. The first-order valence-electron chi connectivity index (χ1n) is 6.76. The molecule has 1 fully saturated rings. The van der Waals surface area contributed by atoms with Crippen LogP contribution in [0.2, 0.25) is 0 Å². The van der Waals surface area contributed by atoms with E-state index >= 15 is 0 Å². The third-order valence-corrected chi connectivity index (χ3v) is 4.19. The van der Waals surface area contributed by atoms with Gasteiger partial charge in [0.2, 0.25) is 11.8 Å². The molecule has 5 nitrogen and oxygen atoms in total. The Morgan fingerprint density at radius 3 is 2.38 bits per heavy atom. The van der Waals surface area contributed by atoms with E-state index in [2.05, 4.69) is 0 Å². The Hall–Kier alpha value is -2.24. The number of carbonyl (C=O) groups excluding carboxylic acids is 2. The van der Waals surface area contributed by atoms with Gasteiger partial charge in [-0.3, -0.25) is 9.59 Å². The Labute approximate surface area is 121 Å². The zero-order chi connectivity index (χ0) is 15.8. The summed E-state index contributed by atoms with van der Waals surface area (Å²) in [5.41, 5.74) is -1.15. The summed E-state index contributed by atoms with van der Waals surface area (Å²) in [6, 6.07) is 3.26. The van der Waals surface area contributed by atoms with Gasteiger partial charge < -0.3 is 5.11 Å². The maximum absolute atomic E-state index is 13.7. The first-order chi connectivity index (χ1) is 9.86. The van der Waals surface area contributed by atoms with E-state index in [-0.39, 0.29) is 23.9 Å². The molecule has 6 heteroatoms. The molecule has 1 aromatic carbocycles. The molecule has 0 bridgehead atoms. The van der Waals surface area contributed by atoms with Gasteiger partial charge in [-0.2, -0.15) is 0 Å². The lowest BCUT2D eigenvalue weighted by molar-refractivity contribution is -0.126. The fourth-order valence-corrected chi connectivity index (χ4v) is 2.67. The molecule has 21 heavy (non-hydrogen) atoms. The van der Waals surface area contributed by atoms with Crippen molar-refractivity contribution >= 4 is 23.5 Å². The van der Waals surface area contributed by atoms with E-state index in [1.54, 1.807) is 0 Å². The Morgan fingerprint density at radius 2 is 1.95 bits per heavy atom. The number of hydrogen-bond donors (Lipinski definition) is 1. The summed E-state index contributed by atoms with van der Waals surface area (Å²) in [6.45, 7) is 3.68. The second-order valence-electron chi connectivity index (χ2n) is 5.17. The molecule has 0 unspecified atom stereocenters. The predicted molar refractivity (Wildman–Crippen MR) is 73.5 cm³/mol. The van der Waals surface area contributed by atoms with E-state index in [1.807, 2.05) is 13.8 Å². The van der Waals surface area contributed by atoms with Gasteiger partial charge in [0.25, 0.3) is 0 Å². The quantitative estimate of drug-likeness (QED) is 0.866. The van der Waals surface area contributed by atoms with Gasteiger partial charge in [0, 0.05) is 6.42 Å². The summed E-state index contributed by atoms with van der Waals surface area (Å²) in [4.78, 5) is 36.4. The molecule has 112 valence electrons. The maximum Gasteiger partial charge on any atom is 0.338 e. The van der Waals surface area contributed by atoms with Gasteiger partial charge in [-0.15, -0.1) is 0 Å². The van der Waals surface area contributed by atoms with E-state index < -0.39 is 22.8 Å². The normalized spacial score (nSPS) is 17.4. The number of hydrogen-bond acceptors (Lipinski definition) is 3. The van der Waals surface area contributed by atoms with Gasteiger partial charge in [-0.05, 0) is 31.0 Å². The van der Waals surface area contributed by atoms with E-state index in [0.29, 0.717) is 12.8 Å². The molecule has 1 aliphatic heterocycles. The van der Waals surface area contributed by atoms with Crippen LogP contribution in [0.4, 0.5) is 10.1 Å². The van der Waals surface area contributed by atoms with Gasteiger partial charge in [-0.1, -0.05) is 13.8 Å². The fourth-order valence-electron chi connectivity index (χ4n) is 2.67. The maximum atomic E-state index is 13.7. The lowest BCUT2D eigenvalue weighted by atomic mass is 9.81. The van der Waals surface area contributed by atoms with Crippen LogP contribution in [0, 0.1) is 11.2 Å². The number of halogens is 1. The standard InChI is InChI=1S/C15H16FNO4/c1-3-15(4-2)8-12(18)17(14(15)21)9-5-6-10(13(19)20)11(16)7-9/h5-7H,3-4,8H2,1-2H3,(H,19,20). The highest BCUT2D eigenvalue weighted by atomic mass is 19.1. The average Bonchev–Trinajstić information content (AvgIpc) is 2.69. The largest absolute Gasteiger partial charge is 0.478 e. The zero-order valence-electron chi connectivity index (χ0n) is 11.9. The zero-order valence-corrected chi connectivity index (χ0v) is 11.9. The highest BCUT2D eigenvalue weighted by molar-refractivity contribution is 6.22. The Bertz CT molecular complexity index is 622. The molecule has 1 aromatic rings. The van der Waals surface area contributed by atoms with Crippen LogP contribution in [0.15, 0.2) is 18.2 Å². The van der Waals surface area contributed by atoms with Crippen molar-refractivity contribution in [2.24, 2.45) is 5.41 Å².